The lowest BCUT2D eigenvalue weighted by Crippen LogP contribution is -1.89. The summed E-state index contributed by atoms with van der Waals surface area (Å²) in [4.78, 5) is 0. The Bertz CT molecular complexity index is 259. The summed E-state index contributed by atoms with van der Waals surface area (Å²) in [5.41, 5.74) is 2.75. The van der Waals surface area contributed by atoms with Crippen molar-refractivity contribution in [1.82, 2.24) is 0 Å². The van der Waals surface area contributed by atoms with Crippen molar-refractivity contribution < 1.29 is 0 Å². The molecule has 76 valence electrons. The van der Waals surface area contributed by atoms with Crippen molar-refractivity contribution in [2.45, 2.75) is 39.0 Å². The van der Waals surface area contributed by atoms with E-state index in [0.29, 0.717) is 0 Å². The Balaban J connectivity index is 2.27. The van der Waals surface area contributed by atoms with Crippen LogP contribution in [-0.4, -0.2) is 0 Å². The average Bonchev–Trinajstić information content (AvgIpc) is 2.20. The van der Waals surface area contributed by atoms with E-state index in [2.05, 4.69) is 43.8 Å². The number of allylic oxidation sites excluding steroid dienone is 1. The molecular weight excluding hydrogens is 168 g/mol. The van der Waals surface area contributed by atoms with Gasteiger partial charge >= 0.3 is 0 Å². The summed E-state index contributed by atoms with van der Waals surface area (Å²) in [7, 11) is 0. The Labute approximate surface area is 87.7 Å². The monoisotopic (exact) mass is 188 g/mol. The quantitative estimate of drug-likeness (QED) is 0.459. The Morgan fingerprint density at radius 1 is 1.14 bits per heavy atom. The third kappa shape index (κ3) is 4.27. The lowest BCUT2D eigenvalue weighted by Gasteiger charge is -2.04. The molecule has 1 aromatic carbocycles. The molecule has 0 N–H and O–H groups in total. The molecule has 0 heterocycles. The lowest BCUT2D eigenvalue weighted by atomic mass is 10.0. The normalized spacial score (nSPS) is 10.1. The highest BCUT2D eigenvalue weighted by atomic mass is 14.0. The summed E-state index contributed by atoms with van der Waals surface area (Å²) < 4.78 is 0. The predicted octanol–water partition coefficient (Wildman–Crippen LogP) is 4.37. The fraction of sp³-hybridized carbons (Fsp3) is 0.429. The van der Waals surface area contributed by atoms with Crippen molar-refractivity contribution in [3.8, 4) is 0 Å². The van der Waals surface area contributed by atoms with E-state index in [-0.39, 0.29) is 0 Å². The van der Waals surface area contributed by atoms with Crippen LogP contribution in [0.15, 0.2) is 42.5 Å². The molecule has 0 aliphatic carbocycles. The van der Waals surface area contributed by atoms with Crippen LogP contribution in [-0.2, 0) is 6.42 Å². The van der Waals surface area contributed by atoms with E-state index in [9.17, 15) is 0 Å². The SMILES string of the molecule is C=C(CCCCC)Cc1ccccc1. The summed E-state index contributed by atoms with van der Waals surface area (Å²) in [5.74, 6) is 0. The molecule has 0 spiro atoms. The van der Waals surface area contributed by atoms with E-state index in [1.54, 1.807) is 0 Å². The molecule has 0 nitrogen and oxygen atoms in total. The van der Waals surface area contributed by atoms with Crippen LogP contribution in [0, 0.1) is 0 Å². The van der Waals surface area contributed by atoms with Crippen LogP contribution >= 0.6 is 0 Å². The van der Waals surface area contributed by atoms with E-state index < -0.39 is 0 Å². The van der Waals surface area contributed by atoms with Gasteiger partial charge < -0.3 is 0 Å². The van der Waals surface area contributed by atoms with Gasteiger partial charge in [-0.3, -0.25) is 0 Å². The molecule has 0 fully saturated rings. The van der Waals surface area contributed by atoms with Crippen molar-refractivity contribution in [1.29, 1.82) is 0 Å². The van der Waals surface area contributed by atoms with Crippen LogP contribution in [0.4, 0.5) is 0 Å². The maximum Gasteiger partial charge on any atom is -0.00698 e. The fourth-order valence-electron chi connectivity index (χ4n) is 1.60. The van der Waals surface area contributed by atoms with Crippen molar-refractivity contribution in [2.24, 2.45) is 0 Å². The smallest absolute Gasteiger partial charge is 0.00698 e. The molecule has 0 saturated carbocycles. The maximum absolute atomic E-state index is 4.12. The number of unbranched alkanes of at least 4 members (excludes halogenated alkanes) is 2. The first-order valence-electron chi connectivity index (χ1n) is 5.53. The molecule has 0 atom stereocenters. The largest absolute Gasteiger partial charge is 0.0995 e. The molecule has 14 heavy (non-hydrogen) atoms. The second-order valence-corrected chi connectivity index (χ2v) is 3.87. The van der Waals surface area contributed by atoms with Crippen LogP contribution in [0.5, 0.6) is 0 Å². The van der Waals surface area contributed by atoms with Crippen LogP contribution in [0.2, 0.25) is 0 Å². The third-order valence-corrected chi connectivity index (χ3v) is 2.43. The zero-order valence-electron chi connectivity index (χ0n) is 9.13. The van der Waals surface area contributed by atoms with Gasteiger partial charge in [0.1, 0.15) is 0 Å². The minimum Gasteiger partial charge on any atom is -0.0995 e. The van der Waals surface area contributed by atoms with Crippen LogP contribution in [0.1, 0.15) is 38.2 Å². The van der Waals surface area contributed by atoms with Crippen LogP contribution in [0.3, 0.4) is 0 Å². The lowest BCUT2D eigenvalue weighted by molar-refractivity contribution is 0.706. The first kappa shape index (κ1) is 11.0. The zero-order valence-corrected chi connectivity index (χ0v) is 9.13. The van der Waals surface area contributed by atoms with Crippen LogP contribution < -0.4 is 0 Å². The predicted molar refractivity (Wildman–Crippen MR) is 63.4 cm³/mol. The molecule has 0 bridgehead atoms. The van der Waals surface area contributed by atoms with E-state index >= 15 is 0 Å². The topological polar surface area (TPSA) is 0 Å². The van der Waals surface area contributed by atoms with Gasteiger partial charge in [-0.2, -0.15) is 0 Å². The number of hydrogen-bond donors (Lipinski definition) is 0. The Hall–Kier alpha value is -1.04. The maximum atomic E-state index is 4.12. The molecular formula is C14H20. The van der Waals surface area contributed by atoms with Gasteiger partial charge in [0.05, 0.1) is 0 Å². The van der Waals surface area contributed by atoms with Crippen molar-refractivity contribution in [3.63, 3.8) is 0 Å². The van der Waals surface area contributed by atoms with Gasteiger partial charge in [-0.25, -0.2) is 0 Å². The average molecular weight is 188 g/mol. The molecule has 1 rings (SSSR count). The second-order valence-electron chi connectivity index (χ2n) is 3.87. The van der Waals surface area contributed by atoms with Crippen molar-refractivity contribution in [2.75, 3.05) is 0 Å². The summed E-state index contributed by atoms with van der Waals surface area (Å²) in [5, 5.41) is 0. The Morgan fingerprint density at radius 2 is 1.86 bits per heavy atom. The molecule has 0 aliphatic rings. The molecule has 0 radical (unpaired) electrons. The van der Waals surface area contributed by atoms with E-state index in [4.69, 9.17) is 0 Å². The van der Waals surface area contributed by atoms with Gasteiger partial charge in [-0.05, 0) is 24.8 Å². The van der Waals surface area contributed by atoms with Gasteiger partial charge in [0, 0.05) is 0 Å². The molecule has 1 aromatic rings. The fourth-order valence-corrected chi connectivity index (χ4v) is 1.60. The summed E-state index contributed by atoms with van der Waals surface area (Å²) in [6.45, 7) is 6.36. The summed E-state index contributed by atoms with van der Waals surface area (Å²) in [6.07, 6.45) is 6.14. The highest BCUT2D eigenvalue weighted by Gasteiger charge is 1.96. The third-order valence-electron chi connectivity index (χ3n) is 2.43. The van der Waals surface area contributed by atoms with Gasteiger partial charge in [0.15, 0.2) is 0 Å². The highest BCUT2D eigenvalue weighted by molar-refractivity contribution is 5.20. The molecule has 0 heteroatoms. The standard InChI is InChI=1S/C14H20/c1-3-4-6-9-13(2)12-14-10-7-5-8-11-14/h5,7-8,10-11H,2-4,6,9,12H2,1H3. The minimum absolute atomic E-state index is 1.05. The van der Waals surface area contributed by atoms with Gasteiger partial charge in [0.2, 0.25) is 0 Å². The number of rotatable bonds is 6. The van der Waals surface area contributed by atoms with E-state index in [1.165, 1.54) is 36.8 Å². The van der Waals surface area contributed by atoms with Crippen LogP contribution in [0.25, 0.3) is 0 Å². The van der Waals surface area contributed by atoms with Crippen molar-refractivity contribution in [3.05, 3.63) is 48.0 Å². The molecule has 0 saturated heterocycles. The Morgan fingerprint density at radius 3 is 2.50 bits per heavy atom. The molecule has 0 aliphatic heterocycles. The van der Waals surface area contributed by atoms with Crippen molar-refractivity contribution >= 4 is 0 Å². The molecule has 0 unspecified atom stereocenters. The van der Waals surface area contributed by atoms with Gasteiger partial charge in [0.25, 0.3) is 0 Å². The first-order valence-corrected chi connectivity index (χ1v) is 5.53. The number of hydrogen-bond acceptors (Lipinski definition) is 0. The number of benzene rings is 1. The molecule has 0 aromatic heterocycles. The van der Waals surface area contributed by atoms with E-state index in [1.807, 2.05) is 0 Å². The molecule has 0 amide bonds. The highest BCUT2D eigenvalue weighted by Crippen LogP contribution is 2.12. The van der Waals surface area contributed by atoms with E-state index in [0.717, 1.165) is 6.42 Å². The Kier molecular flexibility index (Phi) is 5.06. The minimum atomic E-state index is 1.05. The van der Waals surface area contributed by atoms with Gasteiger partial charge in [-0.1, -0.05) is 62.2 Å². The summed E-state index contributed by atoms with van der Waals surface area (Å²) >= 11 is 0. The second kappa shape index (κ2) is 6.42. The van der Waals surface area contributed by atoms with Gasteiger partial charge in [-0.15, -0.1) is 0 Å². The zero-order chi connectivity index (χ0) is 10.2. The summed E-state index contributed by atoms with van der Waals surface area (Å²) in [6, 6.07) is 10.6. The first-order chi connectivity index (χ1) is 6.83.